The largest absolute Gasteiger partial charge is 0.371 e. The molecule has 2 heterocycles. The molecule has 0 amide bonds. The minimum Gasteiger partial charge on any atom is -0.371 e. The van der Waals surface area contributed by atoms with Gasteiger partial charge in [-0.1, -0.05) is 121 Å². The maximum absolute atomic E-state index is 5.34. The highest BCUT2D eigenvalue weighted by Crippen LogP contribution is 2.43. The molecule has 1 unspecified atom stereocenters. The Bertz CT molecular complexity index is 2270. The van der Waals surface area contributed by atoms with Crippen molar-refractivity contribution < 1.29 is 0 Å². The first-order chi connectivity index (χ1) is 21.3. The third-order valence-corrected chi connectivity index (χ3v) is 8.80. The van der Waals surface area contributed by atoms with Crippen LogP contribution in [0.5, 0.6) is 0 Å². The van der Waals surface area contributed by atoms with Crippen LogP contribution in [-0.2, 0) is 0 Å². The van der Waals surface area contributed by atoms with Crippen LogP contribution in [0.1, 0.15) is 17.2 Å². The molecule has 0 saturated heterocycles. The SMILES string of the molecule is c1ccc(C2=Nc3cc(-n4c5ccc6ccccc6c5c5c6ccccc6ccc54)ccc3NC2c2ccccc2)cc1. The van der Waals surface area contributed by atoms with E-state index >= 15 is 0 Å². The Morgan fingerprint density at radius 2 is 1.12 bits per heavy atom. The maximum atomic E-state index is 5.34. The van der Waals surface area contributed by atoms with Crippen LogP contribution in [-0.4, -0.2) is 10.3 Å². The molecule has 43 heavy (non-hydrogen) atoms. The second kappa shape index (κ2) is 9.43. The number of aromatic nitrogens is 1. The molecule has 7 aromatic carbocycles. The molecule has 1 aromatic heterocycles. The molecular formula is C40H27N3. The van der Waals surface area contributed by atoms with E-state index in [-0.39, 0.29) is 6.04 Å². The van der Waals surface area contributed by atoms with Crippen LogP contribution in [0.15, 0.2) is 157 Å². The van der Waals surface area contributed by atoms with E-state index in [9.17, 15) is 0 Å². The molecule has 1 aliphatic heterocycles. The predicted molar refractivity (Wildman–Crippen MR) is 181 cm³/mol. The van der Waals surface area contributed by atoms with E-state index in [1.165, 1.54) is 48.9 Å². The summed E-state index contributed by atoms with van der Waals surface area (Å²) in [6.07, 6.45) is 0. The molecule has 3 nitrogen and oxygen atoms in total. The molecule has 3 heteroatoms. The van der Waals surface area contributed by atoms with Crippen molar-refractivity contribution in [2.45, 2.75) is 6.04 Å². The number of rotatable bonds is 3. The van der Waals surface area contributed by atoms with Crippen LogP contribution in [0.3, 0.4) is 0 Å². The standard InChI is InChI=1S/C40H27N3/c1-3-13-28(14-4-1)39-40(29-15-5-2-6-16-29)42-34-25-30(21-22-33(34)41-39)43-35-23-19-26-11-7-9-17-31(26)37(35)38-32-18-10-8-12-27(32)20-24-36(38)43/h1-25,39,41H. The van der Waals surface area contributed by atoms with Gasteiger partial charge in [-0.05, 0) is 63.0 Å². The Balaban J connectivity index is 1.31. The molecule has 0 saturated carbocycles. The number of hydrogen-bond acceptors (Lipinski definition) is 2. The van der Waals surface area contributed by atoms with Crippen LogP contribution < -0.4 is 5.32 Å². The van der Waals surface area contributed by atoms with Crippen molar-refractivity contribution in [3.8, 4) is 5.69 Å². The van der Waals surface area contributed by atoms with Crippen LogP contribution >= 0.6 is 0 Å². The van der Waals surface area contributed by atoms with Gasteiger partial charge in [0.25, 0.3) is 0 Å². The van der Waals surface area contributed by atoms with E-state index in [0.717, 1.165) is 28.3 Å². The summed E-state index contributed by atoms with van der Waals surface area (Å²) in [7, 11) is 0. The molecule has 0 fully saturated rings. The van der Waals surface area contributed by atoms with E-state index < -0.39 is 0 Å². The van der Waals surface area contributed by atoms with Gasteiger partial charge < -0.3 is 9.88 Å². The number of aliphatic imine (C=N–C) groups is 1. The lowest BCUT2D eigenvalue weighted by Crippen LogP contribution is -2.25. The van der Waals surface area contributed by atoms with Crippen molar-refractivity contribution in [2.24, 2.45) is 4.99 Å². The molecule has 202 valence electrons. The zero-order valence-corrected chi connectivity index (χ0v) is 23.4. The lowest BCUT2D eigenvalue weighted by Gasteiger charge is -2.28. The molecule has 1 N–H and O–H groups in total. The zero-order chi connectivity index (χ0) is 28.3. The number of anilines is 1. The lowest BCUT2D eigenvalue weighted by atomic mass is 9.94. The summed E-state index contributed by atoms with van der Waals surface area (Å²) >= 11 is 0. The average molecular weight is 550 g/mol. The minimum absolute atomic E-state index is 0.0343. The molecule has 0 bridgehead atoms. The Morgan fingerprint density at radius 3 is 1.77 bits per heavy atom. The van der Waals surface area contributed by atoms with Gasteiger partial charge in [0, 0.05) is 16.5 Å². The second-order valence-electron chi connectivity index (χ2n) is 11.2. The van der Waals surface area contributed by atoms with E-state index in [2.05, 4.69) is 162 Å². The number of benzene rings is 7. The first-order valence-electron chi connectivity index (χ1n) is 14.8. The highest BCUT2D eigenvalue weighted by Gasteiger charge is 2.26. The van der Waals surface area contributed by atoms with Crippen molar-refractivity contribution in [3.63, 3.8) is 0 Å². The Labute approximate surface area is 249 Å². The van der Waals surface area contributed by atoms with E-state index in [1.54, 1.807) is 0 Å². The summed E-state index contributed by atoms with van der Waals surface area (Å²) in [6, 6.07) is 54.2. The first-order valence-corrected chi connectivity index (χ1v) is 14.8. The fourth-order valence-corrected chi connectivity index (χ4v) is 6.84. The fraction of sp³-hybridized carbons (Fsp3) is 0.0250. The fourth-order valence-electron chi connectivity index (χ4n) is 6.84. The Kier molecular flexibility index (Phi) is 5.26. The van der Waals surface area contributed by atoms with Gasteiger partial charge in [0.05, 0.1) is 34.2 Å². The molecule has 8 aromatic rings. The van der Waals surface area contributed by atoms with Crippen molar-refractivity contribution in [3.05, 3.63) is 163 Å². The van der Waals surface area contributed by atoms with Crippen LogP contribution in [0.2, 0.25) is 0 Å². The quantitative estimate of drug-likeness (QED) is 0.233. The normalized spacial score (nSPS) is 14.6. The Hall–Kier alpha value is -5.67. The number of hydrogen-bond donors (Lipinski definition) is 1. The zero-order valence-electron chi connectivity index (χ0n) is 23.4. The summed E-state index contributed by atoms with van der Waals surface area (Å²) in [5, 5.41) is 11.4. The van der Waals surface area contributed by atoms with Gasteiger partial charge in [-0.15, -0.1) is 0 Å². The summed E-state index contributed by atoms with van der Waals surface area (Å²) in [5.74, 6) is 0. The van der Waals surface area contributed by atoms with E-state index in [1.807, 2.05) is 0 Å². The van der Waals surface area contributed by atoms with Gasteiger partial charge in [-0.2, -0.15) is 0 Å². The average Bonchev–Trinajstić information content (AvgIpc) is 3.43. The summed E-state index contributed by atoms with van der Waals surface area (Å²) in [6.45, 7) is 0. The van der Waals surface area contributed by atoms with Crippen molar-refractivity contribution >= 4 is 60.4 Å². The molecule has 0 spiro atoms. The van der Waals surface area contributed by atoms with Gasteiger partial charge in [0.1, 0.15) is 0 Å². The molecule has 9 rings (SSSR count). The lowest BCUT2D eigenvalue weighted by molar-refractivity contribution is 1.01. The molecule has 0 radical (unpaired) electrons. The van der Waals surface area contributed by atoms with Gasteiger partial charge in [0.15, 0.2) is 0 Å². The minimum atomic E-state index is -0.0343. The van der Waals surface area contributed by atoms with E-state index in [4.69, 9.17) is 4.99 Å². The topological polar surface area (TPSA) is 29.3 Å². The number of nitrogens with one attached hydrogen (secondary N) is 1. The van der Waals surface area contributed by atoms with Crippen LogP contribution in [0, 0.1) is 0 Å². The van der Waals surface area contributed by atoms with E-state index in [0.29, 0.717) is 0 Å². The van der Waals surface area contributed by atoms with Gasteiger partial charge >= 0.3 is 0 Å². The summed E-state index contributed by atoms with van der Waals surface area (Å²) < 4.78 is 2.41. The third kappa shape index (κ3) is 3.72. The molecule has 1 aliphatic rings. The van der Waals surface area contributed by atoms with Gasteiger partial charge in [0.2, 0.25) is 0 Å². The summed E-state index contributed by atoms with van der Waals surface area (Å²) in [4.78, 5) is 5.34. The van der Waals surface area contributed by atoms with Gasteiger partial charge in [-0.25, -0.2) is 4.99 Å². The van der Waals surface area contributed by atoms with Crippen molar-refractivity contribution in [1.82, 2.24) is 4.57 Å². The predicted octanol–water partition coefficient (Wildman–Crippen LogP) is 10.4. The highest BCUT2D eigenvalue weighted by molar-refractivity contribution is 6.28. The smallest absolute Gasteiger partial charge is 0.0947 e. The first kappa shape index (κ1) is 24.0. The van der Waals surface area contributed by atoms with Gasteiger partial charge in [-0.3, -0.25) is 0 Å². The summed E-state index contributed by atoms with van der Waals surface area (Å²) in [5.41, 5.74) is 8.81. The molecule has 1 atom stereocenters. The number of nitrogens with zero attached hydrogens (tertiary/aromatic N) is 2. The molecular weight excluding hydrogens is 522 g/mol. The Morgan fingerprint density at radius 1 is 0.535 bits per heavy atom. The molecule has 0 aliphatic carbocycles. The van der Waals surface area contributed by atoms with Crippen LogP contribution in [0.4, 0.5) is 11.4 Å². The van der Waals surface area contributed by atoms with Crippen molar-refractivity contribution in [1.29, 1.82) is 0 Å². The second-order valence-corrected chi connectivity index (χ2v) is 11.2. The highest BCUT2D eigenvalue weighted by atomic mass is 15.0. The maximum Gasteiger partial charge on any atom is 0.0947 e. The van der Waals surface area contributed by atoms with Crippen LogP contribution in [0.25, 0.3) is 49.0 Å². The number of fused-ring (bicyclic) bond motifs is 8. The third-order valence-electron chi connectivity index (χ3n) is 8.80. The van der Waals surface area contributed by atoms with Crippen molar-refractivity contribution in [2.75, 3.05) is 5.32 Å². The monoisotopic (exact) mass is 549 g/mol.